The Kier molecular flexibility index (Phi) is 6.65. The highest BCUT2D eigenvalue weighted by Crippen LogP contribution is 2.45. The van der Waals surface area contributed by atoms with E-state index < -0.39 is 0 Å². The molecule has 0 spiro atoms. The van der Waals surface area contributed by atoms with Crippen LogP contribution in [0.3, 0.4) is 0 Å². The summed E-state index contributed by atoms with van der Waals surface area (Å²) in [5, 5.41) is 3.51. The molecular weight excluding hydrogens is 591 g/mol. The fourth-order valence-electron chi connectivity index (χ4n) is 6.52. The van der Waals surface area contributed by atoms with Crippen LogP contribution in [0.2, 0.25) is 0 Å². The van der Waals surface area contributed by atoms with Crippen LogP contribution in [0, 0.1) is 0 Å². The first-order chi connectivity index (χ1) is 23.3. The second-order valence-electron chi connectivity index (χ2n) is 11.6. The van der Waals surface area contributed by atoms with Gasteiger partial charge in [0.05, 0.1) is 16.9 Å². The summed E-state index contributed by atoms with van der Waals surface area (Å²) in [6.45, 7) is 0. The number of rotatable bonds is 5. The summed E-state index contributed by atoms with van der Waals surface area (Å²) in [4.78, 5) is 16.7. The van der Waals surface area contributed by atoms with E-state index in [4.69, 9.17) is 15.0 Å². The molecule has 4 heteroatoms. The molecule has 0 radical (unpaired) electrons. The van der Waals surface area contributed by atoms with Gasteiger partial charge in [-0.05, 0) is 41.0 Å². The molecule has 0 fully saturated rings. The molecule has 0 saturated heterocycles. The smallest absolute Gasteiger partial charge is 0.161 e. The minimum atomic E-state index is 0.690. The van der Waals surface area contributed by atoms with Crippen LogP contribution in [0.1, 0.15) is 0 Å². The molecule has 9 rings (SSSR count). The zero-order chi connectivity index (χ0) is 31.2. The summed E-state index contributed by atoms with van der Waals surface area (Å²) in [6, 6.07) is 57.2. The normalized spacial score (nSPS) is 11.4. The molecule has 0 aliphatic rings. The summed E-state index contributed by atoms with van der Waals surface area (Å²) in [5.74, 6) is 0.690. The van der Waals surface area contributed by atoms with Gasteiger partial charge in [0, 0.05) is 43.1 Å². The molecular formula is C43H27N3S. The number of benzene rings is 6. The van der Waals surface area contributed by atoms with Crippen molar-refractivity contribution in [2.75, 3.05) is 0 Å². The highest BCUT2D eigenvalue weighted by Gasteiger charge is 2.21. The lowest BCUT2D eigenvalue weighted by Crippen LogP contribution is -1.98. The van der Waals surface area contributed by atoms with Crippen molar-refractivity contribution in [2.24, 2.45) is 0 Å². The third-order valence-corrected chi connectivity index (χ3v) is 9.79. The van der Waals surface area contributed by atoms with Gasteiger partial charge in [-0.1, -0.05) is 140 Å². The van der Waals surface area contributed by atoms with E-state index in [9.17, 15) is 0 Å². The number of hydrogen-bond acceptors (Lipinski definition) is 4. The Labute approximate surface area is 276 Å². The Morgan fingerprint density at radius 1 is 0.404 bits per heavy atom. The number of para-hydroxylation sites is 1. The molecule has 9 aromatic rings. The minimum absolute atomic E-state index is 0.690. The van der Waals surface area contributed by atoms with Crippen LogP contribution in [-0.4, -0.2) is 15.0 Å². The van der Waals surface area contributed by atoms with E-state index in [0.717, 1.165) is 54.9 Å². The second kappa shape index (κ2) is 11.4. The van der Waals surface area contributed by atoms with E-state index in [1.807, 2.05) is 12.1 Å². The van der Waals surface area contributed by atoms with Crippen molar-refractivity contribution in [1.29, 1.82) is 0 Å². The number of hydrogen-bond donors (Lipinski definition) is 0. The van der Waals surface area contributed by atoms with Gasteiger partial charge >= 0.3 is 0 Å². The van der Waals surface area contributed by atoms with Crippen LogP contribution in [-0.2, 0) is 0 Å². The van der Waals surface area contributed by atoms with Gasteiger partial charge < -0.3 is 0 Å². The van der Waals surface area contributed by atoms with Crippen molar-refractivity contribution >= 4 is 42.5 Å². The maximum absolute atomic E-state index is 5.31. The molecule has 3 aromatic heterocycles. The monoisotopic (exact) mass is 617 g/mol. The largest absolute Gasteiger partial charge is 0.237 e. The molecule has 0 atom stereocenters. The van der Waals surface area contributed by atoms with Crippen LogP contribution in [0.5, 0.6) is 0 Å². The van der Waals surface area contributed by atoms with Crippen molar-refractivity contribution in [1.82, 2.24) is 15.0 Å². The number of aromatic nitrogens is 3. The second-order valence-corrected chi connectivity index (χ2v) is 12.6. The van der Waals surface area contributed by atoms with Crippen LogP contribution < -0.4 is 0 Å². The van der Waals surface area contributed by atoms with Crippen molar-refractivity contribution < 1.29 is 0 Å². The maximum atomic E-state index is 5.31. The van der Waals surface area contributed by atoms with E-state index in [-0.39, 0.29) is 0 Å². The maximum Gasteiger partial charge on any atom is 0.161 e. The van der Waals surface area contributed by atoms with E-state index in [1.54, 1.807) is 11.3 Å². The summed E-state index contributed by atoms with van der Waals surface area (Å²) in [7, 11) is 0. The zero-order valence-corrected chi connectivity index (χ0v) is 26.2. The van der Waals surface area contributed by atoms with Gasteiger partial charge in [-0.3, -0.25) is 0 Å². The molecule has 0 aliphatic heterocycles. The fraction of sp³-hybridized carbons (Fsp3) is 0. The van der Waals surface area contributed by atoms with Gasteiger partial charge in [-0.15, -0.1) is 11.3 Å². The molecule has 0 bridgehead atoms. The van der Waals surface area contributed by atoms with Gasteiger partial charge in [0.2, 0.25) is 0 Å². The molecule has 0 amide bonds. The van der Waals surface area contributed by atoms with Crippen molar-refractivity contribution in [2.45, 2.75) is 0 Å². The molecule has 0 unspecified atom stereocenters. The third kappa shape index (κ3) is 4.87. The first-order valence-electron chi connectivity index (χ1n) is 15.7. The highest BCUT2D eigenvalue weighted by atomic mass is 32.1. The Hall–Kier alpha value is -5.97. The summed E-state index contributed by atoms with van der Waals surface area (Å²) in [5.41, 5.74) is 10.4. The van der Waals surface area contributed by atoms with E-state index in [1.165, 1.54) is 26.6 Å². The Morgan fingerprint density at radius 2 is 1.00 bits per heavy atom. The molecule has 0 N–H and O–H groups in total. The van der Waals surface area contributed by atoms with Gasteiger partial charge in [0.1, 0.15) is 4.83 Å². The van der Waals surface area contributed by atoms with Crippen LogP contribution in [0.4, 0.5) is 0 Å². The number of fused-ring (bicyclic) bond motifs is 4. The number of nitrogens with zero attached hydrogens (tertiary/aromatic N) is 3. The molecule has 3 nitrogen and oxygen atoms in total. The quantitative estimate of drug-likeness (QED) is 0.193. The summed E-state index contributed by atoms with van der Waals surface area (Å²) in [6.07, 6.45) is 0. The van der Waals surface area contributed by atoms with Crippen LogP contribution in [0.15, 0.2) is 164 Å². The first-order valence-corrected chi connectivity index (χ1v) is 16.5. The SMILES string of the molecule is c1ccc(-c2cccc(-c3cc(-c4ccccc4)nc(-c4ccccc4-c4c5ccccc5nc5sc6ccccc6c45)n3)c2)cc1. The third-order valence-electron chi connectivity index (χ3n) is 8.72. The van der Waals surface area contributed by atoms with Crippen molar-refractivity contribution in [3.63, 3.8) is 0 Å². The van der Waals surface area contributed by atoms with Gasteiger partial charge in [-0.25, -0.2) is 15.0 Å². The van der Waals surface area contributed by atoms with Crippen LogP contribution in [0.25, 0.3) is 87.4 Å². The molecule has 0 aliphatic carbocycles. The lowest BCUT2D eigenvalue weighted by Gasteiger charge is -2.15. The van der Waals surface area contributed by atoms with Gasteiger partial charge in [-0.2, -0.15) is 0 Å². The highest BCUT2D eigenvalue weighted by molar-refractivity contribution is 7.25. The summed E-state index contributed by atoms with van der Waals surface area (Å²) >= 11 is 1.74. The lowest BCUT2D eigenvalue weighted by atomic mass is 9.92. The van der Waals surface area contributed by atoms with E-state index >= 15 is 0 Å². The van der Waals surface area contributed by atoms with Gasteiger partial charge in [0.25, 0.3) is 0 Å². The Morgan fingerprint density at radius 3 is 1.81 bits per heavy atom. The average Bonchev–Trinajstić information content (AvgIpc) is 3.52. The molecule has 3 heterocycles. The predicted octanol–water partition coefficient (Wildman–Crippen LogP) is 11.7. The Balaban J connectivity index is 1.32. The van der Waals surface area contributed by atoms with Crippen molar-refractivity contribution in [3.8, 4) is 56.2 Å². The molecule has 0 saturated carbocycles. The van der Waals surface area contributed by atoms with E-state index in [0.29, 0.717) is 5.82 Å². The van der Waals surface area contributed by atoms with E-state index in [2.05, 4.69) is 152 Å². The first kappa shape index (κ1) is 27.3. The minimum Gasteiger partial charge on any atom is -0.237 e. The number of thiophene rings is 1. The van der Waals surface area contributed by atoms with Crippen molar-refractivity contribution in [3.05, 3.63) is 164 Å². The average molecular weight is 618 g/mol. The standard InChI is InChI=1S/C43H27N3S/c1-3-14-28(15-4-1)30-18-13-19-31(26-30)38-27-37(29-16-5-2-6-17-29)44-42(45-38)33-21-8-7-20-32(33)40-34-22-9-11-24-36(34)46-43-41(40)35-23-10-12-25-39(35)47-43/h1-27H. The number of pyridine rings is 1. The van der Waals surface area contributed by atoms with Gasteiger partial charge in [0.15, 0.2) is 5.82 Å². The lowest BCUT2D eigenvalue weighted by molar-refractivity contribution is 1.18. The zero-order valence-electron chi connectivity index (χ0n) is 25.3. The topological polar surface area (TPSA) is 38.7 Å². The summed E-state index contributed by atoms with van der Waals surface area (Å²) < 4.78 is 1.23. The van der Waals surface area contributed by atoms with Crippen LogP contribution >= 0.6 is 11.3 Å². The Bertz CT molecular complexity index is 2570. The molecule has 6 aromatic carbocycles. The molecule has 47 heavy (non-hydrogen) atoms. The predicted molar refractivity (Wildman–Crippen MR) is 197 cm³/mol. The molecule has 220 valence electrons. The fourth-order valence-corrected chi connectivity index (χ4v) is 7.61.